The molecule has 0 radical (unpaired) electrons. The molecule has 1 unspecified atom stereocenters. The molecule has 5 nitrogen and oxygen atoms in total. The standard InChI is InChI=1S/C25H24ClN3O2/c1-17-15-20(13-14-21(17)26)31-18(2)25-27-22-11-7-8-12-23(22)29(25)16-24(30)28(3)19-9-5-4-6-10-19/h4-15,18H,16H2,1-3H3. The molecule has 0 fully saturated rings. The van der Waals surface area contributed by atoms with Crippen LogP contribution in [-0.2, 0) is 11.3 Å². The number of aryl methyl sites for hydroxylation is 1. The number of amides is 1. The smallest absolute Gasteiger partial charge is 0.246 e. The number of aromatic nitrogens is 2. The maximum atomic E-state index is 13.1. The van der Waals surface area contributed by atoms with Crippen LogP contribution in [0.2, 0.25) is 5.02 Å². The average molecular weight is 434 g/mol. The van der Waals surface area contributed by atoms with Crippen molar-refractivity contribution in [2.24, 2.45) is 0 Å². The summed E-state index contributed by atoms with van der Waals surface area (Å²) in [5.74, 6) is 1.37. The fourth-order valence-corrected chi connectivity index (χ4v) is 3.67. The maximum Gasteiger partial charge on any atom is 0.246 e. The summed E-state index contributed by atoms with van der Waals surface area (Å²) >= 11 is 6.14. The fourth-order valence-electron chi connectivity index (χ4n) is 3.55. The van der Waals surface area contributed by atoms with E-state index in [4.69, 9.17) is 21.3 Å². The van der Waals surface area contributed by atoms with Gasteiger partial charge in [0, 0.05) is 17.8 Å². The SMILES string of the molecule is Cc1cc(OC(C)c2nc3ccccc3n2CC(=O)N(C)c2ccccc2)ccc1Cl. The molecule has 1 atom stereocenters. The number of rotatable bonds is 6. The van der Waals surface area contributed by atoms with Gasteiger partial charge in [0.05, 0.1) is 11.0 Å². The van der Waals surface area contributed by atoms with Crippen LogP contribution in [0.4, 0.5) is 5.69 Å². The Balaban J connectivity index is 1.65. The van der Waals surface area contributed by atoms with Gasteiger partial charge in [-0.2, -0.15) is 0 Å². The summed E-state index contributed by atoms with van der Waals surface area (Å²) in [6.45, 7) is 4.04. The minimum absolute atomic E-state index is 0.0369. The van der Waals surface area contributed by atoms with E-state index in [-0.39, 0.29) is 18.6 Å². The van der Waals surface area contributed by atoms with Crippen molar-refractivity contribution in [3.8, 4) is 5.75 Å². The van der Waals surface area contributed by atoms with Crippen LogP contribution in [0.5, 0.6) is 5.75 Å². The third kappa shape index (κ3) is 4.42. The van der Waals surface area contributed by atoms with Crippen LogP contribution in [0, 0.1) is 6.92 Å². The minimum Gasteiger partial charge on any atom is -0.483 e. The third-order valence-electron chi connectivity index (χ3n) is 5.30. The number of anilines is 1. The number of nitrogens with zero attached hydrogens (tertiary/aromatic N) is 3. The lowest BCUT2D eigenvalue weighted by Crippen LogP contribution is -2.31. The maximum absolute atomic E-state index is 13.1. The Bertz CT molecular complexity index is 1220. The van der Waals surface area contributed by atoms with E-state index in [9.17, 15) is 4.79 Å². The van der Waals surface area contributed by atoms with E-state index >= 15 is 0 Å². The van der Waals surface area contributed by atoms with Crippen LogP contribution in [0.3, 0.4) is 0 Å². The number of imidazole rings is 1. The first-order chi connectivity index (χ1) is 14.9. The average Bonchev–Trinajstić information content (AvgIpc) is 3.15. The number of carbonyl (C=O) groups is 1. The number of halogens is 1. The zero-order valence-corrected chi connectivity index (χ0v) is 18.5. The van der Waals surface area contributed by atoms with Crippen molar-refractivity contribution in [2.75, 3.05) is 11.9 Å². The summed E-state index contributed by atoms with van der Waals surface area (Å²) in [5, 5.41) is 0.696. The van der Waals surface area contributed by atoms with Crippen LogP contribution in [-0.4, -0.2) is 22.5 Å². The molecular weight excluding hydrogens is 410 g/mol. The molecule has 0 bridgehead atoms. The second kappa shape index (κ2) is 8.82. The van der Waals surface area contributed by atoms with Crippen molar-refractivity contribution in [3.05, 3.63) is 89.2 Å². The zero-order chi connectivity index (χ0) is 22.0. The summed E-state index contributed by atoms with van der Waals surface area (Å²) in [7, 11) is 1.78. The summed E-state index contributed by atoms with van der Waals surface area (Å²) < 4.78 is 8.10. The van der Waals surface area contributed by atoms with Gasteiger partial charge in [-0.1, -0.05) is 41.9 Å². The number of likely N-dealkylation sites (N-methyl/N-ethyl adjacent to an activating group) is 1. The van der Waals surface area contributed by atoms with Gasteiger partial charge in [0.1, 0.15) is 12.3 Å². The molecule has 31 heavy (non-hydrogen) atoms. The van der Waals surface area contributed by atoms with Gasteiger partial charge in [-0.05, 0) is 61.9 Å². The van der Waals surface area contributed by atoms with Crippen LogP contribution >= 0.6 is 11.6 Å². The molecule has 6 heteroatoms. The Labute approximate surface area is 186 Å². The normalized spacial score (nSPS) is 12.0. The van der Waals surface area contributed by atoms with E-state index in [2.05, 4.69) is 0 Å². The van der Waals surface area contributed by atoms with Crippen LogP contribution < -0.4 is 9.64 Å². The van der Waals surface area contributed by atoms with E-state index in [0.29, 0.717) is 16.6 Å². The zero-order valence-electron chi connectivity index (χ0n) is 17.7. The van der Waals surface area contributed by atoms with E-state index in [1.54, 1.807) is 11.9 Å². The van der Waals surface area contributed by atoms with Crippen LogP contribution in [0.1, 0.15) is 24.4 Å². The highest BCUT2D eigenvalue weighted by Gasteiger charge is 2.21. The number of fused-ring (bicyclic) bond motifs is 1. The summed E-state index contributed by atoms with van der Waals surface area (Å²) in [6.07, 6.45) is -0.359. The van der Waals surface area contributed by atoms with Crippen molar-refractivity contribution in [2.45, 2.75) is 26.5 Å². The molecule has 4 rings (SSSR count). The molecule has 3 aromatic carbocycles. The first-order valence-corrected chi connectivity index (χ1v) is 10.5. The second-order valence-corrected chi connectivity index (χ2v) is 7.91. The predicted molar refractivity (Wildman–Crippen MR) is 125 cm³/mol. The Morgan fingerprint density at radius 1 is 1.10 bits per heavy atom. The minimum atomic E-state index is -0.359. The van der Waals surface area contributed by atoms with Gasteiger partial charge in [0.2, 0.25) is 5.91 Å². The summed E-state index contributed by atoms with van der Waals surface area (Å²) in [4.78, 5) is 19.5. The van der Waals surface area contributed by atoms with Crippen molar-refractivity contribution in [1.82, 2.24) is 9.55 Å². The van der Waals surface area contributed by atoms with E-state index in [0.717, 1.165) is 22.3 Å². The van der Waals surface area contributed by atoms with E-state index < -0.39 is 0 Å². The molecule has 158 valence electrons. The lowest BCUT2D eigenvalue weighted by atomic mass is 10.2. The Morgan fingerprint density at radius 3 is 2.55 bits per heavy atom. The topological polar surface area (TPSA) is 47.4 Å². The molecule has 0 N–H and O–H groups in total. The Morgan fingerprint density at radius 2 is 1.81 bits per heavy atom. The van der Waals surface area contributed by atoms with Gasteiger partial charge in [0.25, 0.3) is 0 Å². The molecule has 0 spiro atoms. The first kappa shape index (κ1) is 20.9. The molecule has 0 saturated heterocycles. The van der Waals surface area contributed by atoms with Crippen molar-refractivity contribution in [1.29, 1.82) is 0 Å². The predicted octanol–water partition coefficient (Wildman–Crippen LogP) is 5.80. The van der Waals surface area contributed by atoms with Crippen molar-refractivity contribution >= 4 is 34.2 Å². The number of carbonyl (C=O) groups excluding carboxylic acids is 1. The molecule has 0 saturated carbocycles. The lowest BCUT2D eigenvalue weighted by Gasteiger charge is -2.20. The van der Waals surface area contributed by atoms with Gasteiger partial charge in [0.15, 0.2) is 11.9 Å². The van der Waals surface area contributed by atoms with Crippen LogP contribution in [0.15, 0.2) is 72.8 Å². The molecule has 0 aliphatic heterocycles. The second-order valence-electron chi connectivity index (χ2n) is 7.50. The summed E-state index contributed by atoms with van der Waals surface area (Å²) in [6, 6.07) is 23.0. The highest BCUT2D eigenvalue weighted by atomic mass is 35.5. The number of benzene rings is 3. The number of ether oxygens (including phenoxy) is 1. The fraction of sp³-hybridized carbons (Fsp3) is 0.200. The third-order valence-corrected chi connectivity index (χ3v) is 5.72. The molecule has 1 amide bonds. The van der Waals surface area contributed by atoms with Crippen molar-refractivity contribution < 1.29 is 9.53 Å². The molecule has 1 aromatic heterocycles. The Hall–Kier alpha value is -3.31. The molecular formula is C25H24ClN3O2. The lowest BCUT2D eigenvalue weighted by molar-refractivity contribution is -0.118. The highest BCUT2D eigenvalue weighted by Crippen LogP contribution is 2.28. The number of hydrogen-bond donors (Lipinski definition) is 0. The molecule has 4 aromatic rings. The highest BCUT2D eigenvalue weighted by molar-refractivity contribution is 6.31. The van der Waals surface area contributed by atoms with Gasteiger partial charge in [-0.3, -0.25) is 4.79 Å². The van der Waals surface area contributed by atoms with Crippen LogP contribution in [0.25, 0.3) is 11.0 Å². The Kier molecular flexibility index (Phi) is 5.96. The molecule has 0 aliphatic carbocycles. The van der Waals surface area contributed by atoms with Gasteiger partial charge in [-0.25, -0.2) is 4.98 Å². The van der Waals surface area contributed by atoms with Crippen molar-refractivity contribution in [3.63, 3.8) is 0 Å². The van der Waals surface area contributed by atoms with Gasteiger partial charge >= 0.3 is 0 Å². The summed E-state index contributed by atoms with van der Waals surface area (Å²) in [5.41, 5.74) is 3.52. The first-order valence-electron chi connectivity index (χ1n) is 10.1. The van der Waals surface area contributed by atoms with Gasteiger partial charge < -0.3 is 14.2 Å². The quantitative estimate of drug-likeness (QED) is 0.386. The molecule has 1 heterocycles. The largest absolute Gasteiger partial charge is 0.483 e. The number of hydrogen-bond acceptors (Lipinski definition) is 3. The molecule has 0 aliphatic rings. The monoisotopic (exact) mass is 433 g/mol. The van der Waals surface area contributed by atoms with E-state index in [1.165, 1.54) is 0 Å². The van der Waals surface area contributed by atoms with E-state index in [1.807, 2.05) is 91.2 Å². The van der Waals surface area contributed by atoms with Gasteiger partial charge in [-0.15, -0.1) is 0 Å². The number of para-hydroxylation sites is 3.